The number of hydrogen-bond donors (Lipinski definition) is 2. The highest BCUT2D eigenvalue weighted by Crippen LogP contribution is 2.26. The molecular weight excluding hydrogens is 266 g/mol. The van der Waals surface area contributed by atoms with Crippen molar-refractivity contribution in [1.29, 1.82) is 0 Å². The summed E-state index contributed by atoms with van der Waals surface area (Å²) < 4.78 is 0. The third kappa shape index (κ3) is 4.21. The van der Waals surface area contributed by atoms with Crippen LogP contribution in [0.25, 0.3) is 0 Å². The van der Waals surface area contributed by atoms with Gasteiger partial charge in [0.2, 0.25) is 0 Å². The van der Waals surface area contributed by atoms with Gasteiger partial charge in [0.15, 0.2) is 5.78 Å². The second-order valence-corrected chi connectivity index (χ2v) is 6.39. The lowest BCUT2D eigenvalue weighted by atomic mass is 10.1. The lowest BCUT2D eigenvalue weighted by Crippen LogP contribution is -2.40. The molecule has 0 radical (unpaired) electrons. The highest BCUT2D eigenvalue weighted by Gasteiger charge is 2.26. The summed E-state index contributed by atoms with van der Waals surface area (Å²) >= 11 is 0. The summed E-state index contributed by atoms with van der Waals surface area (Å²) in [4.78, 5) is 14.7. The molecule has 21 heavy (non-hydrogen) atoms. The molecule has 0 heterocycles. The van der Waals surface area contributed by atoms with Gasteiger partial charge in [-0.15, -0.1) is 0 Å². The zero-order valence-electron chi connectivity index (χ0n) is 12.9. The minimum atomic E-state index is -0.143. The third-order valence-electron chi connectivity index (χ3n) is 4.07. The zero-order valence-corrected chi connectivity index (χ0v) is 12.9. The van der Waals surface area contributed by atoms with Crippen LogP contribution < -0.4 is 0 Å². The van der Waals surface area contributed by atoms with Crippen molar-refractivity contribution in [2.75, 3.05) is 13.1 Å². The molecule has 1 saturated carbocycles. The Kier molecular flexibility index (Phi) is 5.23. The predicted molar refractivity (Wildman–Crippen MR) is 82.8 cm³/mol. The van der Waals surface area contributed by atoms with Crippen molar-refractivity contribution in [2.24, 2.45) is 5.92 Å². The summed E-state index contributed by atoms with van der Waals surface area (Å²) in [6, 6.07) is 4.63. The summed E-state index contributed by atoms with van der Waals surface area (Å²) in [6.07, 6.45) is 4.78. The van der Waals surface area contributed by atoms with Gasteiger partial charge in [-0.2, -0.15) is 0 Å². The number of benzene rings is 1. The second kappa shape index (κ2) is 6.94. The van der Waals surface area contributed by atoms with E-state index in [1.165, 1.54) is 31.0 Å². The molecule has 0 aromatic heterocycles. The highest BCUT2D eigenvalue weighted by atomic mass is 16.3. The van der Waals surface area contributed by atoms with Gasteiger partial charge in [-0.1, -0.05) is 26.7 Å². The molecule has 4 heteroatoms. The zero-order chi connectivity index (χ0) is 15.4. The Morgan fingerprint density at radius 3 is 2.52 bits per heavy atom. The van der Waals surface area contributed by atoms with Gasteiger partial charge in [0, 0.05) is 18.7 Å². The van der Waals surface area contributed by atoms with Gasteiger partial charge in [-0.3, -0.25) is 9.69 Å². The molecule has 0 spiro atoms. The first kappa shape index (κ1) is 15.8. The van der Waals surface area contributed by atoms with Gasteiger partial charge in [-0.25, -0.2) is 0 Å². The minimum absolute atomic E-state index is 0.0288. The van der Waals surface area contributed by atoms with Gasteiger partial charge >= 0.3 is 0 Å². The van der Waals surface area contributed by atoms with E-state index in [1.54, 1.807) is 0 Å². The molecule has 2 N–H and O–H groups in total. The summed E-state index contributed by atoms with van der Waals surface area (Å²) in [6.45, 7) is 5.55. The summed E-state index contributed by atoms with van der Waals surface area (Å²) in [5, 5.41) is 19.1. The number of ketones is 1. The average molecular weight is 291 g/mol. The number of aromatic hydroxyl groups is 2. The van der Waals surface area contributed by atoms with Crippen molar-refractivity contribution in [2.45, 2.75) is 45.6 Å². The number of nitrogens with zero attached hydrogens (tertiary/aromatic N) is 1. The fraction of sp³-hybridized carbons (Fsp3) is 0.588. The van der Waals surface area contributed by atoms with E-state index in [9.17, 15) is 15.0 Å². The Hall–Kier alpha value is -1.55. The Morgan fingerprint density at radius 2 is 1.95 bits per heavy atom. The first-order valence-corrected chi connectivity index (χ1v) is 7.76. The standard InChI is InChI=1S/C17H25NO3/c1-12(2)10-18(13-5-3-4-6-13)11-17(21)15-8-7-14(19)9-16(15)20/h7-9,12-13,19-20H,3-6,10-11H2,1-2H3. The molecule has 0 amide bonds. The maximum Gasteiger partial charge on any atom is 0.180 e. The normalized spacial score (nSPS) is 16.0. The van der Waals surface area contributed by atoms with Gasteiger partial charge in [0.25, 0.3) is 0 Å². The van der Waals surface area contributed by atoms with Crippen LogP contribution in [0.3, 0.4) is 0 Å². The number of phenolic OH excluding ortho intramolecular Hbond substituents is 2. The van der Waals surface area contributed by atoms with Crippen molar-refractivity contribution >= 4 is 5.78 Å². The van der Waals surface area contributed by atoms with Gasteiger partial charge in [-0.05, 0) is 30.9 Å². The van der Waals surface area contributed by atoms with E-state index in [0.717, 1.165) is 19.4 Å². The van der Waals surface area contributed by atoms with Crippen LogP contribution >= 0.6 is 0 Å². The van der Waals surface area contributed by atoms with E-state index >= 15 is 0 Å². The van der Waals surface area contributed by atoms with Gasteiger partial charge < -0.3 is 10.2 Å². The summed E-state index contributed by atoms with van der Waals surface area (Å²) in [5.74, 6) is 0.252. The Morgan fingerprint density at radius 1 is 1.29 bits per heavy atom. The molecule has 0 atom stereocenters. The molecule has 4 nitrogen and oxygen atoms in total. The van der Waals surface area contributed by atoms with E-state index < -0.39 is 0 Å². The number of phenols is 2. The Balaban J connectivity index is 2.09. The summed E-state index contributed by atoms with van der Waals surface area (Å²) in [7, 11) is 0. The monoisotopic (exact) mass is 291 g/mol. The molecule has 0 saturated heterocycles. The Labute approximate surface area is 126 Å². The van der Waals surface area contributed by atoms with E-state index in [-0.39, 0.29) is 17.3 Å². The smallest absolute Gasteiger partial charge is 0.180 e. The maximum absolute atomic E-state index is 12.4. The third-order valence-corrected chi connectivity index (χ3v) is 4.07. The lowest BCUT2D eigenvalue weighted by Gasteiger charge is -2.29. The molecule has 116 valence electrons. The Bertz CT molecular complexity index is 493. The number of carbonyl (C=O) groups excluding carboxylic acids is 1. The fourth-order valence-electron chi connectivity index (χ4n) is 3.11. The van der Waals surface area contributed by atoms with E-state index in [4.69, 9.17) is 0 Å². The fourth-order valence-corrected chi connectivity index (χ4v) is 3.11. The van der Waals surface area contributed by atoms with E-state index in [2.05, 4.69) is 18.7 Å². The lowest BCUT2D eigenvalue weighted by molar-refractivity contribution is 0.0874. The first-order chi connectivity index (χ1) is 9.97. The summed E-state index contributed by atoms with van der Waals surface area (Å²) in [5.41, 5.74) is 0.291. The minimum Gasteiger partial charge on any atom is -0.508 e. The molecule has 0 unspecified atom stereocenters. The largest absolute Gasteiger partial charge is 0.508 e. The van der Waals surface area contributed by atoms with Crippen LogP contribution in [0.1, 0.15) is 49.9 Å². The predicted octanol–water partition coefficient (Wildman–Crippen LogP) is 3.18. The number of hydrogen-bond acceptors (Lipinski definition) is 4. The second-order valence-electron chi connectivity index (χ2n) is 6.39. The highest BCUT2D eigenvalue weighted by molar-refractivity contribution is 6.00. The van der Waals surface area contributed by atoms with Crippen LogP contribution in [0.4, 0.5) is 0 Å². The van der Waals surface area contributed by atoms with E-state index in [1.807, 2.05) is 0 Å². The van der Waals surface area contributed by atoms with Crippen LogP contribution in [0.2, 0.25) is 0 Å². The van der Waals surface area contributed by atoms with Crippen LogP contribution in [-0.4, -0.2) is 40.0 Å². The molecule has 1 aromatic rings. The van der Waals surface area contributed by atoms with E-state index in [0.29, 0.717) is 24.1 Å². The molecule has 0 aliphatic heterocycles. The topological polar surface area (TPSA) is 60.8 Å². The number of rotatable bonds is 6. The van der Waals surface area contributed by atoms with Crippen LogP contribution in [0.15, 0.2) is 18.2 Å². The molecule has 1 fully saturated rings. The van der Waals surface area contributed by atoms with Crippen LogP contribution in [0.5, 0.6) is 11.5 Å². The van der Waals surface area contributed by atoms with Crippen molar-refractivity contribution in [3.63, 3.8) is 0 Å². The molecular formula is C17H25NO3. The molecule has 1 aromatic carbocycles. The number of carbonyl (C=O) groups is 1. The molecule has 1 aliphatic carbocycles. The van der Waals surface area contributed by atoms with Crippen molar-refractivity contribution in [1.82, 2.24) is 4.90 Å². The number of Topliss-reactive ketones (excluding diaryl/α,β-unsaturated/α-hetero) is 1. The van der Waals surface area contributed by atoms with Gasteiger partial charge in [0.1, 0.15) is 11.5 Å². The SMILES string of the molecule is CC(C)CN(CC(=O)c1ccc(O)cc1O)C1CCCC1. The van der Waals surface area contributed by atoms with Crippen molar-refractivity contribution < 1.29 is 15.0 Å². The molecule has 2 rings (SSSR count). The molecule has 0 bridgehead atoms. The quantitative estimate of drug-likeness (QED) is 0.790. The first-order valence-electron chi connectivity index (χ1n) is 7.76. The maximum atomic E-state index is 12.4. The molecule has 1 aliphatic rings. The van der Waals surface area contributed by atoms with Crippen LogP contribution in [-0.2, 0) is 0 Å². The van der Waals surface area contributed by atoms with Crippen molar-refractivity contribution in [3.05, 3.63) is 23.8 Å². The van der Waals surface area contributed by atoms with Crippen LogP contribution in [0, 0.1) is 5.92 Å². The van der Waals surface area contributed by atoms with Gasteiger partial charge in [0.05, 0.1) is 12.1 Å². The van der Waals surface area contributed by atoms with Crippen molar-refractivity contribution in [3.8, 4) is 11.5 Å². The average Bonchev–Trinajstić information content (AvgIpc) is 2.90.